The summed E-state index contributed by atoms with van der Waals surface area (Å²) >= 11 is 3.92. The third kappa shape index (κ3) is 1.21. The van der Waals surface area contributed by atoms with E-state index in [0.29, 0.717) is 5.78 Å². The lowest BCUT2D eigenvalue weighted by Crippen LogP contribution is -2.33. The van der Waals surface area contributed by atoms with Crippen molar-refractivity contribution in [3.63, 3.8) is 0 Å². The molecule has 2 aliphatic carbocycles. The van der Waals surface area contributed by atoms with E-state index in [9.17, 15) is 4.79 Å². The molecule has 0 aromatic heterocycles. The van der Waals surface area contributed by atoms with Crippen molar-refractivity contribution in [2.24, 2.45) is 11.8 Å². The highest BCUT2D eigenvalue weighted by molar-refractivity contribution is 8.22. The molecule has 0 bridgehead atoms. The zero-order valence-corrected chi connectivity index (χ0v) is 9.96. The van der Waals surface area contributed by atoms with E-state index in [4.69, 9.17) is 0 Å². The van der Waals surface area contributed by atoms with Gasteiger partial charge in [-0.15, -0.1) is 23.5 Å². The van der Waals surface area contributed by atoms with Gasteiger partial charge in [0.05, 0.1) is 0 Å². The highest BCUT2D eigenvalue weighted by atomic mass is 32.2. The number of carbonyl (C=O) groups excluding carboxylic acids is 1. The Kier molecular flexibility index (Phi) is 2.36. The zero-order valence-electron chi connectivity index (χ0n) is 8.33. The van der Waals surface area contributed by atoms with Crippen LogP contribution in [0.5, 0.6) is 0 Å². The van der Waals surface area contributed by atoms with Crippen molar-refractivity contribution in [3.05, 3.63) is 0 Å². The second kappa shape index (κ2) is 3.44. The minimum Gasteiger partial charge on any atom is -0.297 e. The van der Waals surface area contributed by atoms with Crippen molar-refractivity contribution < 1.29 is 4.79 Å². The molecule has 1 spiro atoms. The maximum Gasteiger partial charge on any atom is 0.159 e. The lowest BCUT2D eigenvalue weighted by atomic mass is 9.81. The molecule has 1 heterocycles. The van der Waals surface area contributed by atoms with E-state index in [1.165, 1.54) is 37.2 Å². The van der Waals surface area contributed by atoms with Crippen LogP contribution in [0.25, 0.3) is 0 Å². The maximum atomic E-state index is 12.1. The van der Waals surface area contributed by atoms with E-state index in [-0.39, 0.29) is 4.08 Å². The first-order valence-corrected chi connectivity index (χ1v) is 7.61. The normalized spacial score (nSPS) is 40.4. The van der Waals surface area contributed by atoms with Crippen molar-refractivity contribution in [1.82, 2.24) is 0 Å². The van der Waals surface area contributed by atoms with Crippen molar-refractivity contribution in [2.45, 2.75) is 36.2 Å². The molecule has 0 aromatic rings. The van der Waals surface area contributed by atoms with E-state index in [0.717, 1.165) is 18.3 Å². The van der Waals surface area contributed by atoms with Crippen LogP contribution >= 0.6 is 23.5 Å². The topological polar surface area (TPSA) is 17.1 Å². The Bertz CT molecular complexity index is 258. The minimum absolute atomic E-state index is 0.0328. The fourth-order valence-electron chi connectivity index (χ4n) is 3.34. The van der Waals surface area contributed by atoms with Crippen molar-refractivity contribution in [1.29, 1.82) is 0 Å². The summed E-state index contributed by atoms with van der Waals surface area (Å²) in [6.07, 6.45) is 6.25. The second-order valence-electron chi connectivity index (χ2n) is 4.64. The van der Waals surface area contributed by atoms with E-state index in [1.54, 1.807) is 0 Å². The van der Waals surface area contributed by atoms with Gasteiger partial charge in [-0.05, 0) is 24.7 Å². The van der Waals surface area contributed by atoms with E-state index >= 15 is 0 Å². The molecule has 0 aromatic carbocycles. The van der Waals surface area contributed by atoms with Crippen molar-refractivity contribution >= 4 is 29.3 Å². The van der Waals surface area contributed by atoms with Crippen LogP contribution in [-0.2, 0) is 4.79 Å². The summed E-state index contributed by atoms with van der Waals surface area (Å²) in [6, 6.07) is 0. The van der Waals surface area contributed by atoms with Crippen LogP contribution in [-0.4, -0.2) is 21.4 Å². The average Bonchev–Trinajstić information content (AvgIpc) is 2.77. The number of fused-ring (bicyclic) bond motifs is 2. The summed E-state index contributed by atoms with van der Waals surface area (Å²) in [6.45, 7) is 0. The zero-order chi connectivity index (χ0) is 9.60. The molecule has 2 atom stereocenters. The van der Waals surface area contributed by atoms with Gasteiger partial charge < -0.3 is 0 Å². The number of hydrogen-bond donors (Lipinski definition) is 0. The Morgan fingerprint density at radius 1 is 1.14 bits per heavy atom. The molecule has 0 radical (unpaired) electrons. The first kappa shape index (κ1) is 9.59. The molecular formula is C11H16OS2. The molecule has 0 amide bonds. The molecule has 0 N–H and O–H groups in total. The summed E-state index contributed by atoms with van der Waals surface area (Å²) in [7, 11) is 0. The van der Waals surface area contributed by atoms with Gasteiger partial charge in [0, 0.05) is 17.9 Å². The van der Waals surface area contributed by atoms with Gasteiger partial charge >= 0.3 is 0 Å². The number of Topliss-reactive ketones (excluding diaryl/α,β-unsaturated/α-hetero) is 1. The van der Waals surface area contributed by atoms with Crippen LogP contribution in [0.4, 0.5) is 0 Å². The van der Waals surface area contributed by atoms with E-state index < -0.39 is 0 Å². The molecule has 1 nitrogen and oxygen atoms in total. The first-order valence-electron chi connectivity index (χ1n) is 5.64. The summed E-state index contributed by atoms with van der Waals surface area (Å²) in [4.78, 5) is 12.1. The van der Waals surface area contributed by atoms with Crippen LogP contribution in [0.1, 0.15) is 32.1 Å². The molecule has 2 saturated carbocycles. The molecule has 3 heteroatoms. The van der Waals surface area contributed by atoms with Crippen LogP contribution in [0.3, 0.4) is 0 Å². The summed E-state index contributed by atoms with van der Waals surface area (Å²) in [5.74, 6) is 4.43. The SMILES string of the molecule is O=C1C[C@@H]2CCCC[C@@H]2C12SCCS2. The average molecular weight is 228 g/mol. The molecule has 1 saturated heterocycles. The summed E-state index contributed by atoms with van der Waals surface area (Å²) < 4.78 is 0.0328. The number of ketones is 1. The van der Waals surface area contributed by atoms with Gasteiger partial charge in [0.2, 0.25) is 0 Å². The highest BCUT2D eigenvalue weighted by Crippen LogP contribution is 2.60. The Balaban J connectivity index is 1.91. The molecular weight excluding hydrogens is 212 g/mol. The molecule has 78 valence electrons. The largest absolute Gasteiger partial charge is 0.297 e. The molecule has 3 rings (SSSR count). The predicted octanol–water partition coefficient (Wildman–Crippen LogP) is 2.94. The van der Waals surface area contributed by atoms with Gasteiger partial charge in [0.1, 0.15) is 4.08 Å². The van der Waals surface area contributed by atoms with Gasteiger partial charge in [0.25, 0.3) is 0 Å². The van der Waals surface area contributed by atoms with Crippen LogP contribution < -0.4 is 0 Å². The van der Waals surface area contributed by atoms with Crippen molar-refractivity contribution in [3.8, 4) is 0 Å². The monoisotopic (exact) mass is 228 g/mol. The summed E-state index contributed by atoms with van der Waals surface area (Å²) in [5, 5.41) is 0. The van der Waals surface area contributed by atoms with Gasteiger partial charge in [-0.2, -0.15) is 0 Å². The highest BCUT2D eigenvalue weighted by Gasteiger charge is 2.57. The summed E-state index contributed by atoms with van der Waals surface area (Å²) in [5.41, 5.74) is 0. The predicted molar refractivity (Wildman–Crippen MR) is 62.7 cm³/mol. The van der Waals surface area contributed by atoms with Crippen LogP contribution in [0.15, 0.2) is 0 Å². The molecule has 14 heavy (non-hydrogen) atoms. The quantitative estimate of drug-likeness (QED) is 0.634. The van der Waals surface area contributed by atoms with Crippen LogP contribution in [0, 0.1) is 11.8 Å². The van der Waals surface area contributed by atoms with Crippen molar-refractivity contribution in [2.75, 3.05) is 11.5 Å². The number of hydrogen-bond acceptors (Lipinski definition) is 3. The fourth-order valence-corrected chi connectivity index (χ4v) is 6.99. The Morgan fingerprint density at radius 3 is 2.64 bits per heavy atom. The molecule has 1 aliphatic heterocycles. The van der Waals surface area contributed by atoms with Crippen LogP contribution in [0.2, 0.25) is 0 Å². The number of rotatable bonds is 0. The third-order valence-corrected chi connectivity index (χ3v) is 7.65. The lowest BCUT2D eigenvalue weighted by Gasteiger charge is -2.33. The lowest BCUT2D eigenvalue weighted by molar-refractivity contribution is -0.118. The molecule has 0 unspecified atom stereocenters. The molecule has 3 fully saturated rings. The third-order valence-electron chi connectivity index (χ3n) is 3.95. The Morgan fingerprint density at radius 2 is 1.86 bits per heavy atom. The van der Waals surface area contributed by atoms with E-state index in [1.807, 2.05) is 23.5 Å². The second-order valence-corrected chi connectivity index (χ2v) is 7.58. The van der Waals surface area contributed by atoms with Gasteiger partial charge in [-0.3, -0.25) is 4.79 Å². The van der Waals surface area contributed by atoms with Gasteiger partial charge in [0.15, 0.2) is 5.78 Å². The Labute approximate surface area is 93.8 Å². The smallest absolute Gasteiger partial charge is 0.159 e. The maximum absolute atomic E-state index is 12.1. The number of thioether (sulfide) groups is 2. The van der Waals surface area contributed by atoms with E-state index in [2.05, 4.69) is 0 Å². The van der Waals surface area contributed by atoms with Gasteiger partial charge in [-0.25, -0.2) is 0 Å². The van der Waals surface area contributed by atoms with Gasteiger partial charge in [-0.1, -0.05) is 12.8 Å². The minimum atomic E-state index is 0.0328. The Hall–Kier alpha value is 0.370. The number of carbonyl (C=O) groups is 1. The molecule has 3 aliphatic rings. The first-order chi connectivity index (χ1) is 6.83. The fraction of sp³-hybridized carbons (Fsp3) is 0.909. The standard InChI is InChI=1S/C11H16OS2/c12-10-7-8-3-1-2-4-9(8)11(10)13-5-6-14-11/h8-9H,1-7H2/t8-,9-/m0/s1.